The van der Waals surface area contributed by atoms with E-state index in [0.29, 0.717) is 18.7 Å². The Morgan fingerprint density at radius 3 is 3.00 bits per heavy atom. The van der Waals surface area contributed by atoms with Crippen LogP contribution in [-0.4, -0.2) is 29.9 Å². The van der Waals surface area contributed by atoms with Crippen molar-refractivity contribution in [2.24, 2.45) is 0 Å². The van der Waals surface area contributed by atoms with Crippen molar-refractivity contribution in [1.82, 2.24) is 5.32 Å². The molecule has 1 aliphatic rings. The van der Waals surface area contributed by atoms with Gasteiger partial charge in [0.1, 0.15) is 0 Å². The molecule has 2 rings (SSSR count). The van der Waals surface area contributed by atoms with Crippen LogP contribution in [0.3, 0.4) is 0 Å². The van der Waals surface area contributed by atoms with Crippen LogP contribution < -0.4 is 10.2 Å². The van der Waals surface area contributed by atoms with Crippen molar-refractivity contribution in [3.05, 3.63) is 29.8 Å². The molecule has 1 aromatic carbocycles. The van der Waals surface area contributed by atoms with Gasteiger partial charge in [0.05, 0.1) is 5.75 Å². The second kappa shape index (κ2) is 8.08. The van der Waals surface area contributed by atoms with Crippen molar-refractivity contribution in [3.63, 3.8) is 0 Å². The number of carbonyl (C=O) groups is 2. The van der Waals surface area contributed by atoms with Gasteiger partial charge < -0.3 is 10.2 Å². The molecular formula is C16H22N2O2S. The third-order valence-electron chi connectivity index (χ3n) is 3.37. The summed E-state index contributed by atoms with van der Waals surface area (Å²) < 4.78 is 0. The molecular weight excluding hydrogens is 284 g/mol. The molecule has 1 saturated heterocycles. The maximum Gasteiger partial charge on any atom is 0.230 e. The molecule has 114 valence electrons. The van der Waals surface area contributed by atoms with E-state index in [1.165, 1.54) is 0 Å². The van der Waals surface area contributed by atoms with Crippen LogP contribution in [0.25, 0.3) is 0 Å². The predicted molar refractivity (Wildman–Crippen MR) is 87.5 cm³/mol. The van der Waals surface area contributed by atoms with Gasteiger partial charge in [-0.3, -0.25) is 9.59 Å². The maximum atomic E-state index is 11.8. The molecule has 0 aliphatic carbocycles. The van der Waals surface area contributed by atoms with Crippen molar-refractivity contribution >= 4 is 29.3 Å². The van der Waals surface area contributed by atoms with Crippen LogP contribution in [-0.2, 0) is 16.1 Å². The molecule has 1 aliphatic heterocycles. The summed E-state index contributed by atoms with van der Waals surface area (Å²) in [5.74, 6) is 1.78. The predicted octanol–water partition coefficient (Wildman–Crippen LogP) is 2.57. The van der Waals surface area contributed by atoms with E-state index in [1.54, 1.807) is 11.8 Å². The molecule has 0 atom stereocenters. The van der Waals surface area contributed by atoms with Crippen molar-refractivity contribution in [2.45, 2.75) is 32.7 Å². The van der Waals surface area contributed by atoms with Gasteiger partial charge in [0.15, 0.2) is 0 Å². The van der Waals surface area contributed by atoms with E-state index in [2.05, 4.69) is 12.2 Å². The molecule has 1 heterocycles. The number of thioether (sulfide) groups is 1. The number of nitrogens with one attached hydrogen (secondary N) is 1. The molecule has 4 nitrogen and oxygen atoms in total. The zero-order valence-corrected chi connectivity index (χ0v) is 13.2. The third kappa shape index (κ3) is 4.77. The standard InChI is InChI=1S/C16H22N2O2S/c1-2-9-21-12-15(19)17-11-13-5-3-6-14(10-13)18-8-4-7-16(18)20/h3,5-6,10H,2,4,7-9,11-12H2,1H3,(H,17,19). The van der Waals surface area contributed by atoms with Gasteiger partial charge >= 0.3 is 0 Å². The normalized spacial score (nSPS) is 14.5. The van der Waals surface area contributed by atoms with Crippen molar-refractivity contribution in [1.29, 1.82) is 0 Å². The number of anilines is 1. The molecule has 0 aromatic heterocycles. The first-order valence-corrected chi connectivity index (χ1v) is 8.60. The van der Waals surface area contributed by atoms with Crippen molar-refractivity contribution < 1.29 is 9.59 Å². The lowest BCUT2D eigenvalue weighted by Crippen LogP contribution is -2.26. The van der Waals surface area contributed by atoms with Crippen molar-refractivity contribution in [2.75, 3.05) is 23.0 Å². The quantitative estimate of drug-likeness (QED) is 0.788. The highest BCUT2D eigenvalue weighted by molar-refractivity contribution is 7.99. The van der Waals surface area contributed by atoms with Gasteiger partial charge in [0.25, 0.3) is 0 Å². The Kier molecular flexibility index (Phi) is 6.11. The molecule has 0 unspecified atom stereocenters. The molecule has 5 heteroatoms. The average molecular weight is 306 g/mol. The first-order chi connectivity index (χ1) is 10.2. The lowest BCUT2D eigenvalue weighted by atomic mass is 10.2. The van der Waals surface area contributed by atoms with Gasteiger partial charge in [-0.2, -0.15) is 11.8 Å². The second-order valence-corrected chi connectivity index (χ2v) is 6.25. The summed E-state index contributed by atoms with van der Waals surface area (Å²) in [6.45, 7) is 3.42. The monoisotopic (exact) mass is 306 g/mol. The summed E-state index contributed by atoms with van der Waals surface area (Å²) in [5, 5.41) is 2.92. The minimum Gasteiger partial charge on any atom is -0.351 e. The first kappa shape index (κ1) is 15.9. The Balaban J connectivity index is 1.86. The molecule has 1 N–H and O–H groups in total. The average Bonchev–Trinajstić information content (AvgIpc) is 2.92. The molecule has 21 heavy (non-hydrogen) atoms. The second-order valence-electron chi connectivity index (χ2n) is 5.15. The third-order valence-corrected chi connectivity index (χ3v) is 4.53. The molecule has 0 saturated carbocycles. The van der Waals surface area contributed by atoms with Crippen LogP contribution in [0.1, 0.15) is 31.7 Å². The van der Waals surface area contributed by atoms with Gasteiger partial charge in [-0.1, -0.05) is 19.1 Å². The Morgan fingerprint density at radius 2 is 2.29 bits per heavy atom. The number of amides is 2. The fraction of sp³-hybridized carbons (Fsp3) is 0.500. The number of benzene rings is 1. The highest BCUT2D eigenvalue weighted by atomic mass is 32.2. The fourth-order valence-electron chi connectivity index (χ4n) is 2.32. The Labute approximate surface area is 130 Å². The molecule has 0 spiro atoms. The smallest absolute Gasteiger partial charge is 0.230 e. The van der Waals surface area contributed by atoms with Gasteiger partial charge in [-0.05, 0) is 36.3 Å². The Morgan fingerprint density at radius 1 is 1.43 bits per heavy atom. The summed E-state index contributed by atoms with van der Waals surface area (Å²) in [4.78, 5) is 25.3. The first-order valence-electron chi connectivity index (χ1n) is 7.44. The van der Waals surface area contributed by atoms with E-state index >= 15 is 0 Å². The van der Waals surface area contributed by atoms with E-state index in [1.807, 2.05) is 29.2 Å². The molecule has 0 bridgehead atoms. The van der Waals surface area contributed by atoms with Gasteiger partial charge in [0.2, 0.25) is 11.8 Å². The van der Waals surface area contributed by atoms with Crippen LogP contribution in [0.4, 0.5) is 5.69 Å². The number of carbonyl (C=O) groups excluding carboxylic acids is 2. The van der Waals surface area contributed by atoms with Gasteiger partial charge in [-0.25, -0.2) is 0 Å². The van der Waals surface area contributed by atoms with E-state index < -0.39 is 0 Å². The maximum absolute atomic E-state index is 11.8. The number of hydrogen-bond donors (Lipinski definition) is 1. The number of hydrogen-bond acceptors (Lipinski definition) is 3. The van der Waals surface area contributed by atoms with Crippen LogP contribution >= 0.6 is 11.8 Å². The molecule has 1 aromatic rings. The van der Waals surface area contributed by atoms with E-state index in [4.69, 9.17) is 0 Å². The number of rotatable bonds is 7. The summed E-state index contributed by atoms with van der Waals surface area (Å²) in [5.41, 5.74) is 1.96. The molecule has 2 amide bonds. The zero-order chi connectivity index (χ0) is 15.1. The number of nitrogens with zero attached hydrogens (tertiary/aromatic N) is 1. The van der Waals surface area contributed by atoms with Crippen LogP contribution in [0.5, 0.6) is 0 Å². The van der Waals surface area contributed by atoms with E-state index in [9.17, 15) is 9.59 Å². The molecule has 1 fully saturated rings. The highest BCUT2D eigenvalue weighted by Gasteiger charge is 2.21. The largest absolute Gasteiger partial charge is 0.351 e. The fourth-order valence-corrected chi connectivity index (χ4v) is 3.04. The summed E-state index contributed by atoms with van der Waals surface area (Å²) >= 11 is 1.66. The van der Waals surface area contributed by atoms with Gasteiger partial charge in [0, 0.05) is 25.2 Å². The zero-order valence-electron chi connectivity index (χ0n) is 12.4. The lowest BCUT2D eigenvalue weighted by molar-refractivity contribution is -0.119. The van der Waals surface area contributed by atoms with Crippen molar-refractivity contribution in [3.8, 4) is 0 Å². The SMILES string of the molecule is CCCSCC(=O)NCc1cccc(N2CCCC2=O)c1. The Bertz CT molecular complexity index is 505. The minimum absolute atomic E-state index is 0.0658. The summed E-state index contributed by atoms with van der Waals surface area (Å²) in [6.07, 6.45) is 2.65. The summed E-state index contributed by atoms with van der Waals surface area (Å²) in [7, 11) is 0. The minimum atomic E-state index is 0.0658. The van der Waals surface area contributed by atoms with E-state index in [0.717, 1.165) is 36.4 Å². The van der Waals surface area contributed by atoms with Crippen LogP contribution in [0, 0.1) is 0 Å². The van der Waals surface area contributed by atoms with Crippen LogP contribution in [0.15, 0.2) is 24.3 Å². The lowest BCUT2D eigenvalue weighted by Gasteiger charge is -2.16. The van der Waals surface area contributed by atoms with E-state index in [-0.39, 0.29) is 11.8 Å². The highest BCUT2D eigenvalue weighted by Crippen LogP contribution is 2.22. The topological polar surface area (TPSA) is 49.4 Å². The van der Waals surface area contributed by atoms with Crippen LogP contribution in [0.2, 0.25) is 0 Å². The van der Waals surface area contributed by atoms with Gasteiger partial charge in [-0.15, -0.1) is 0 Å². The Hall–Kier alpha value is -1.49. The molecule has 0 radical (unpaired) electrons. The summed E-state index contributed by atoms with van der Waals surface area (Å²) in [6, 6.07) is 7.85.